The second-order valence-corrected chi connectivity index (χ2v) is 7.55. The van der Waals surface area contributed by atoms with E-state index >= 15 is 0 Å². The van der Waals surface area contributed by atoms with Crippen molar-refractivity contribution in [2.75, 3.05) is 18.5 Å². The van der Waals surface area contributed by atoms with Crippen LogP contribution < -0.4 is 10.6 Å². The largest absolute Gasteiger partial charge is 0.349 e. The second kappa shape index (κ2) is 7.73. The Morgan fingerprint density at radius 2 is 2.07 bits per heavy atom. The number of carbonyl (C=O) groups excluding carboxylic acids is 1. The van der Waals surface area contributed by atoms with E-state index in [1.807, 2.05) is 35.8 Å². The Hall–Kier alpha value is -2.71. The summed E-state index contributed by atoms with van der Waals surface area (Å²) in [5.41, 5.74) is 2.89. The van der Waals surface area contributed by atoms with Gasteiger partial charge in [0, 0.05) is 23.7 Å². The molecule has 0 aliphatic rings. The first kappa shape index (κ1) is 18.6. The van der Waals surface area contributed by atoms with E-state index in [1.165, 1.54) is 11.3 Å². The number of halogens is 2. The molecule has 6 nitrogen and oxygen atoms in total. The molecule has 2 aromatic carbocycles. The molecular weight excluding hydrogens is 401 g/mol. The highest BCUT2D eigenvalue weighted by Crippen LogP contribution is 2.31. The third-order valence-corrected chi connectivity index (χ3v) is 5.44. The van der Waals surface area contributed by atoms with E-state index in [-0.39, 0.29) is 12.5 Å². The van der Waals surface area contributed by atoms with E-state index in [1.54, 1.807) is 12.1 Å². The second-order valence-electron chi connectivity index (χ2n) is 6.08. The summed E-state index contributed by atoms with van der Waals surface area (Å²) in [7, 11) is 0. The highest BCUT2D eigenvalue weighted by molar-refractivity contribution is 7.22. The van der Waals surface area contributed by atoms with Gasteiger partial charge in [0.15, 0.2) is 5.13 Å². The number of amides is 1. The molecule has 0 spiro atoms. The predicted octanol–water partition coefficient (Wildman–Crippen LogP) is 4.76. The van der Waals surface area contributed by atoms with Gasteiger partial charge in [-0.2, -0.15) is 0 Å². The molecular formula is C19H17ClFN5OS. The number of carbonyl (C=O) groups is 1. The smallest absolute Gasteiger partial charge is 0.251 e. The average molecular weight is 418 g/mol. The highest BCUT2D eigenvalue weighted by Gasteiger charge is 2.14. The fourth-order valence-electron chi connectivity index (χ4n) is 3.00. The first-order valence-electron chi connectivity index (χ1n) is 8.76. The first-order chi connectivity index (χ1) is 13.6. The van der Waals surface area contributed by atoms with Crippen molar-refractivity contribution in [3.8, 4) is 0 Å². The molecule has 0 bridgehead atoms. The fraction of sp³-hybridized carbons (Fsp3) is 0.211. The van der Waals surface area contributed by atoms with Crippen LogP contribution in [0.15, 0.2) is 36.4 Å². The van der Waals surface area contributed by atoms with Gasteiger partial charge < -0.3 is 15.2 Å². The predicted molar refractivity (Wildman–Crippen MR) is 112 cm³/mol. The quantitative estimate of drug-likeness (QED) is 0.474. The number of nitrogens with one attached hydrogen (secondary N) is 2. The standard InChI is InChI=1S/C19H17ClFN5OS/c1-2-26-15-6-3-11(17(27)22-8-7-21)9-14(15)23-18(26)25-19-24-13-5-4-12(20)10-16(13)28-19/h3-6,9-10H,2,7-8H2,1H3,(H,22,27)(H,23,24,25). The van der Waals surface area contributed by atoms with Crippen LogP contribution >= 0.6 is 22.9 Å². The Bertz CT molecular complexity index is 1170. The molecule has 0 aliphatic heterocycles. The summed E-state index contributed by atoms with van der Waals surface area (Å²) in [6, 6.07) is 10.8. The topological polar surface area (TPSA) is 71.8 Å². The van der Waals surface area contributed by atoms with Crippen molar-refractivity contribution in [2.45, 2.75) is 13.5 Å². The van der Waals surface area contributed by atoms with Crippen molar-refractivity contribution in [1.82, 2.24) is 19.9 Å². The number of imidazole rings is 1. The molecule has 1 amide bonds. The van der Waals surface area contributed by atoms with E-state index in [0.29, 0.717) is 33.7 Å². The molecule has 0 atom stereocenters. The van der Waals surface area contributed by atoms with Crippen molar-refractivity contribution < 1.29 is 9.18 Å². The van der Waals surface area contributed by atoms with Gasteiger partial charge in [-0.05, 0) is 43.3 Å². The van der Waals surface area contributed by atoms with E-state index < -0.39 is 6.67 Å². The van der Waals surface area contributed by atoms with Gasteiger partial charge in [-0.15, -0.1) is 0 Å². The van der Waals surface area contributed by atoms with Gasteiger partial charge in [-0.1, -0.05) is 22.9 Å². The van der Waals surface area contributed by atoms with Gasteiger partial charge in [0.1, 0.15) is 6.67 Å². The van der Waals surface area contributed by atoms with Gasteiger partial charge in [0.05, 0.1) is 21.3 Å². The summed E-state index contributed by atoms with van der Waals surface area (Å²) in [5.74, 6) is 0.326. The molecule has 0 saturated carbocycles. The lowest BCUT2D eigenvalue weighted by molar-refractivity contribution is 0.0951. The van der Waals surface area contributed by atoms with Gasteiger partial charge in [-0.25, -0.2) is 14.4 Å². The Labute approximate surface area is 169 Å². The Kier molecular flexibility index (Phi) is 5.15. The van der Waals surface area contributed by atoms with Gasteiger partial charge in [0.2, 0.25) is 5.95 Å². The van der Waals surface area contributed by atoms with Crippen LogP contribution in [0.5, 0.6) is 0 Å². The normalized spacial score (nSPS) is 11.2. The first-order valence-corrected chi connectivity index (χ1v) is 9.96. The number of benzene rings is 2. The molecule has 0 saturated heterocycles. The van der Waals surface area contributed by atoms with E-state index in [9.17, 15) is 9.18 Å². The lowest BCUT2D eigenvalue weighted by Gasteiger charge is -2.06. The molecule has 4 rings (SSSR count). The van der Waals surface area contributed by atoms with E-state index in [2.05, 4.69) is 20.6 Å². The van der Waals surface area contributed by atoms with Crippen molar-refractivity contribution in [1.29, 1.82) is 0 Å². The zero-order valence-corrected chi connectivity index (χ0v) is 16.6. The summed E-state index contributed by atoms with van der Waals surface area (Å²) in [6.07, 6.45) is 0. The van der Waals surface area contributed by atoms with E-state index in [0.717, 1.165) is 15.7 Å². The molecule has 2 heterocycles. The van der Waals surface area contributed by atoms with Crippen LogP contribution in [0.2, 0.25) is 5.02 Å². The molecule has 144 valence electrons. The van der Waals surface area contributed by atoms with Gasteiger partial charge in [0.25, 0.3) is 5.91 Å². The van der Waals surface area contributed by atoms with Gasteiger partial charge >= 0.3 is 0 Å². The molecule has 0 unspecified atom stereocenters. The molecule has 9 heteroatoms. The van der Waals surface area contributed by atoms with Crippen molar-refractivity contribution >= 4 is 61.2 Å². The van der Waals surface area contributed by atoms with Crippen LogP contribution in [0.3, 0.4) is 0 Å². The van der Waals surface area contributed by atoms with Crippen molar-refractivity contribution in [3.63, 3.8) is 0 Å². The van der Waals surface area contributed by atoms with Crippen LogP contribution in [-0.2, 0) is 6.54 Å². The minimum atomic E-state index is -0.597. The number of thiazole rings is 1. The van der Waals surface area contributed by atoms with Crippen LogP contribution in [0.4, 0.5) is 15.5 Å². The van der Waals surface area contributed by atoms with Gasteiger partial charge in [-0.3, -0.25) is 4.79 Å². The third-order valence-electron chi connectivity index (χ3n) is 4.28. The Morgan fingerprint density at radius 3 is 2.86 bits per heavy atom. The molecule has 2 aromatic heterocycles. The maximum absolute atomic E-state index is 12.3. The number of alkyl halides is 1. The summed E-state index contributed by atoms with van der Waals surface area (Å²) in [6.45, 7) is 2.11. The number of nitrogens with zero attached hydrogens (tertiary/aromatic N) is 3. The zero-order valence-electron chi connectivity index (χ0n) is 15.0. The monoisotopic (exact) mass is 417 g/mol. The SMILES string of the molecule is CCn1c(Nc2nc3ccc(Cl)cc3s2)nc2cc(C(=O)NCCF)ccc21. The fourth-order valence-corrected chi connectivity index (χ4v) is 4.13. The van der Waals surface area contributed by atoms with Crippen molar-refractivity contribution in [2.24, 2.45) is 0 Å². The maximum Gasteiger partial charge on any atom is 0.251 e. The number of aryl methyl sites for hydroxylation is 1. The molecule has 0 aliphatic carbocycles. The maximum atomic E-state index is 12.3. The number of hydrogen-bond donors (Lipinski definition) is 2. The Balaban J connectivity index is 1.68. The van der Waals surface area contributed by atoms with Crippen LogP contribution in [0.25, 0.3) is 21.3 Å². The number of rotatable bonds is 6. The highest BCUT2D eigenvalue weighted by atomic mass is 35.5. The third kappa shape index (κ3) is 3.53. The number of aromatic nitrogens is 3. The minimum absolute atomic E-state index is 0.00526. The summed E-state index contributed by atoms with van der Waals surface area (Å²) in [4.78, 5) is 21.3. The molecule has 0 fully saturated rings. The molecule has 2 N–H and O–H groups in total. The molecule has 28 heavy (non-hydrogen) atoms. The lowest BCUT2D eigenvalue weighted by Crippen LogP contribution is -2.25. The number of hydrogen-bond acceptors (Lipinski definition) is 5. The average Bonchev–Trinajstić information content (AvgIpc) is 3.24. The van der Waals surface area contributed by atoms with E-state index in [4.69, 9.17) is 11.6 Å². The number of fused-ring (bicyclic) bond motifs is 2. The molecule has 4 aromatic rings. The Morgan fingerprint density at radius 1 is 1.21 bits per heavy atom. The van der Waals surface area contributed by atoms with Crippen LogP contribution in [0.1, 0.15) is 17.3 Å². The van der Waals surface area contributed by atoms with Crippen LogP contribution in [-0.4, -0.2) is 33.7 Å². The molecule has 0 radical (unpaired) electrons. The lowest BCUT2D eigenvalue weighted by atomic mass is 10.2. The zero-order chi connectivity index (χ0) is 19.7. The summed E-state index contributed by atoms with van der Waals surface area (Å²) >= 11 is 7.54. The summed E-state index contributed by atoms with van der Waals surface area (Å²) < 4.78 is 15.3. The minimum Gasteiger partial charge on any atom is -0.349 e. The van der Waals surface area contributed by atoms with Crippen LogP contribution in [0, 0.1) is 0 Å². The number of anilines is 2. The summed E-state index contributed by atoms with van der Waals surface area (Å²) in [5, 5.41) is 7.18. The van der Waals surface area contributed by atoms with Crippen molar-refractivity contribution in [3.05, 3.63) is 47.0 Å².